The summed E-state index contributed by atoms with van der Waals surface area (Å²) in [5.41, 5.74) is 0.470. The van der Waals surface area contributed by atoms with E-state index in [-0.39, 0.29) is 0 Å². The number of nitrogens with zero attached hydrogens (tertiary/aromatic N) is 1. The summed E-state index contributed by atoms with van der Waals surface area (Å²) >= 11 is 5.91. The van der Waals surface area contributed by atoms with Crippen LogP contribution in [0.1, 0.15) is 46.0 Å². The Morgan fingerprint density at radius 3 is 2.67 bits per heavy atom. The minimum Gasteiger partial charge on any atom is -0.369 e. The second-order valence-electron chi connectivity index (χ2n) is 6.00. The van der Waals surface area contributed by atoms with Crippen molar-refractivity contribution in [3.8, 4) is 0 Å². The normalized spacial score (nSPS) is 18.2. The Morgan fingerprint density at radius 2 is 2.06 bits per heavy atom. The number of hydrogen-bond acceptors (Lipinski definition) is 2. The summed E-state index contributed by atoms with van der Waals surface area (Å²) in [7, 11) is 0. The van der Waals surface area contributed by atoms with Crippen LogP contribution in [0, 0.1) is 11.3 Å². The van der Waals surface area contributed by atoms with E-state index in [1.807, 2.05) is 18.2 Å². The average Bonchev–Trinajstić information content (AvgIpc) is 2.75. The Bertz CT molecular complexity index is 384. The highest BCUT2D eigenvalue weighted by molar-refractivity contribution is 6.29. The van der Waals surface area contributed by atoms with Crippen LogP contribution in [0.2, 0.25) is 5.15 Å². The number of aromatic nitrogens is 1. The maximum absolute atomic E-state index is 5.91. The largest absolute Gasteiger partial charge is 0.369 e. The smallest absolute Gasteiger partial charge is 0.131 e. The summed E-state index contributed by atoms with van der Waals surface area (Å²) in [4.78, 5) is 4.30. The van der Waals surface area contributed by atoms with Crippen molar-refractivity contribution >= 4 is 17.4 Å². The summed E-state index contributed by atoms with van der Waals surface area (Å²) in [5, 5.41) is 4.04. The number of halogens is 1. The zero-order valence-corrected chi connectivity index (χ0v) is 12.1. The van der Waals surface area contributed by atoms with Crippen LogP contribution in [0.5, 0.6) is 0 Å². The molecule has 0 aliphatic heterocycles. The van der Waals surface area contributed by atoms with Gasteiger partial charge in [-0.25, -0.2) is 4.98 Å². The lowest BCUT2D eigenvalue weighted by Gasteiger charge is -2.31. The zero-order valence-electron chi connectivity index (χ0n) is 11.4. The molecular weight excluding hydrogens is 244 g/mol. The fourth-order valence-electron chi connectivity index (χ4n) is 3.23. The van der Waals surface area contributed by atoms with Crippen molar-refractivity contribution in [2.45, 2.75) is 46.0 Å². The molecule has 0 bridgehead atoms. The predicted molar refractivity (Wildman–Crippen MR) is 78.1 cm³/mol. The molecule has 2 rings (SSSR count). The van der Waals surface area contributed by atoms with E-state index in [0.29, 0.717) is 10.6 Å². The molecule has 3 heteroatoms. The lowest BCUT2D eigenvalue weighted by atomic mass is 9.78. The topological polar surface area (TPSA) is 24.9 Å². The molecule has 1 N–H and O–H groups in total. The Balaban J connectivity index is 1.97. The molecule has 1 aromatic rings. The van der Waals surface area contributed by atoms with Crippen molar-refractivity contribution in [2.75, 3.05) is 11.9 Å². The summed E-state index contributed by atoms with van der Waals surface area (Å²) < 4.78 is 0. The van der Waals surface area contributed by atoms with Gasteiger partial charge in [0, 0.05) is 6.54 Å². The van der Waals surface area contributed by atoms with Gasteiger partial charge in [-0.05, 0) is 42.7 Å². The molecule has 0 saturated heterocycles. The van der Waals surface area contributed by atoms with E-state index in [2.05, 4.69) is 24.1 Å². The maximum Gasteiger partial charge on any atom is 0.131 e. The lowest BCUT2D eigenvalue weighted by molar-refractivity contribution is 0.252. The third-order valence-electron chi connectivity index (χ3n) is 3.87. The molecular formula is C15H23ClN2. The third-order valence-corrected chi connectivity index (χ3v) is 4.08. The first-order chi connectivity index (χ1) is 8.60. The van der Waals surface area contributed by atoms with E-state index in [4.69, 9.17) is 11.6 Å². The molecule has 1 saturated carbocycles. The van der Waals surface area contributed by atoms with Crippen molar-refractivity contribution in [1.29, 1.82) is 0 Å². The van der Waals surface area contributed by atoms with Gasteiger partial charge in [0.1, 0.15) is 11.0 Å². The van der Waals surface area contributed by atoms with Gasteiger partial charge in [-0.2, -0.15) is 0 Å². The predicted octanol–water partition coefficient (Wildman–Crippen LogP) is 4.75. The van der Waals surface area contributed by atoms with Crippen molar-refractivity contribution in [2.24, 2.45) is 11.3 Å². The van der Waals surface area contributed by atoms with Crippen LogP contribution < -0.4 is 5.32 Å². The van der Waals surface area contributed by atoms with E-state index >= 15 is 0 Å². The first-order valence-electron chi connectivity index (χ1n) is 6.96. The van der Waals surface area contributed by atoms with Crippen molar-refractivity contribution < 1.29 is 0 Å². The first kappa shape index (κ1) is 13.7. The number of rotatable bonds is 5. The standard InChI is InChI=1S/C15H23ClN2/c1-12(2)10-15(8-3-4-9-15)11-17-14-7-5-6-13(16)18-14/h5-7,12H,3-4,8-11H2,1-2H3,(H,17,18). The first-order valence-corrected chi connectivity index (χ1v) is 7.34. The molecule has 1 heterocycles. The molecule has 18 heavy (non-hydrogen) atoms. The minimum absolute atomic E-state index is 0.470. The van der Waals surface area contributed by atoms with Gasteiger partial charge in [0.15, 0.2) is 0 Å². The molecule has 100 valence electrons. The summed E-state index contributed by atoms with van der Waals surface area (Å²) in [5.74, 6) is 1.66. The number of hydrogen-bond donors (Lipinski definition) is 1. The molecule has 0 radical (unpaired) electrons. The van der Waals surface area contributed by atoms with Crippen molar-refractivity contribution in [1.82, 2.24) is 4.98 Å². The quantitative estimate of drug-likeness (QED) is 0.778. The molecule has 0 aromatic carbocycles. The second kappa shape index (κ2) is 5.92. The van der Waals surface area contributed by atoms with Crippen LogP contribution in [0.3, 0.4) is 0 Å². The third kappa shape index (κ3) is 3.61. The van der Waals surface area contributed by atoms with Crippen LogP contribution in [-0.2, 0) is 0 Å². The fourth-order valence-corrected chi connectivity index (χ4v) is 3.39. The van der Waals surface area contributed by atoms with Gasteiger partial charge in [-0.3, -0.25) is 0 Å². The molecule has 0 atom stereocenters. The minimum atomic E-state index is 0.470. The van der Waals surface area contributed by atoms with Crippen LogP contribution in [0.25, 0.3) is 0 Å². The van der Waals surface area contributed by atoms with E-state index in [0.717, 1.165) is 18.3 Å². The average molecular weight is 267 g/mol. The number of pyridine rings is 1. The van der Waals surface area contributed by atoms with Gasteiger partial charge >= 0.3 is 0 Å². The van der Waals surface area contributed by atoms with E-state index in [1.165, 1.54) is 32.1 Å². The molecule has 1 aliphatic carbocycles. The highest BCUT2D eigenvalue weighted by Crippen LogP contribution is 2.43. The Labute approximate surface area is 115 Å². The number of nitrogens with one attached hydrogen (secondary N) is 1. The lowest BCUT2D eigenvalue weighted by Crippen LogP contribution is -2.28. The van der Waals surface area contributed by atoms with E-state index in [1.54, 1.807) is 0 Å². The molecule has 1 aromatic heterocycles. The Kier molecular flexibility index (Phi) is 4.50. The molecule has 0 unspecified atom stereocenters. The van der Waals surface area contributed by atoms with Gasteiger partial charge < -0.3 is 5.32 Å². The summed E-state index contributed by atoms with van der Waals surface area (Å²) in [6.45, 7) is 5.66. The van der Waals surface area contributed by atoms with Crippen LogP contribution in [0.15, 0.2) is 18.2 Å². The van der Waals surface area contributed by atoms with E-state index in [9.17, 15) is 0 Å². The monoisotopic (exact) mass is 266 g/mol. The molecule has 1 aliphatic rings. The van der Waals surface area contributed by atoms with Crippen LogP contribution in [0.4, 0.5) is 5.82 Å². The van der Waals surface area contributed by atoms with Gasteiger partial charge in [0.2, 0.25) is 0 Å². The molecule has 2 nitrogen and oxygen atoms in total. The summed E-state index contributed by atoms with van der Waals surface area (Å²) in [6, 6.07) is 5.75. The van der Waals surface area contributed by atoms with Crippen LogP contribution in [-0.4, -0.2) is 11.5 Å². The highest BCUT2D eigenvalue weighted by Gasteiger charge is 2.34. The number of anilines is 1. The molecule has 0 amide bonds. The Hall–Kier alpha value is -0.760. The van der Waals surface area contributed by atoms with Gasteiger partial charge in [0.05, 0.1) is 0 Å². The summed E-state index contributed by atoms with van der Waals surface area (Å²) in [6.07, 6.45) is 6.74. The van der Waals surface area contributed by atoms with Crippen molar-refractivity contribution in [3.63, 3.8) is 0 Å². The van der Waals surface area contributed by atoms with Gasteiger partial charge in [0.25, 0.3) is 0 Å². The fraction of sp³-hybridized carbons (Fsp3) is 0.667. The van der Waals surface area contributed by atoms with Gasteiger partial charge in [-0.15, -0.1) is 0 Å². The zero-order chi connectivity index (χ0) is 13.0. The SMILES string of the molecule is CC(C)CC1(CNc2cccc(Cl)n2)CCCC1. The maximum atomic E-state index is 5.91. The van der Waals surface area contributed by atoms with Crippen molar-refractivity contribution in [3.05, 3.63) is 23.4 Å². The van der Waals surface area contributed by atoms with Crippen LogP contribution >= 0.6 is 11.6 Å². The second-order valence-corrected chi connectivity index (χ2v) is 6.39. The van der Waals surface area contributed by atoms with E-state index < -0.39 is 0 Å². The Morgan fingerprint density at radius 1 is 1.33 bits per heavy atom. The molecule has 1 fully saturated rings. The highest BCUT2D eigenvalue weighted by atomic mass is 35.5. The molecule has 0 spiro atoms. The van der Waals surface area contributed by atoms with Gasteiger partial charge in [-0.1, -0.05) is 44.4 Å².